The van der Waals surface area contributed by atoms with Gasteiger partial charge in [0.25, 0.3) is 0 Å². The van der Waals surface area contributed by atoms with Crippen molar-refractivity contribution >= 4 is 11.8 Å². The Morgan fingerprint density at radius 3 is 2.65 bits per heavy atom. The van der Waals surface area contributed by atoms with Crippen molar-refractivity contribution < 1.29 is 18.7 Å². The molecule has 0 radical (unpaired) electrons. The fraction of sp³-hybridized carbons (Fsp3) is 0.400. The number of anilines is 1. The van der Waals surface area contributed by atoms with E-state index >= 15 is 0 Å². The molecule has 1 fully saturated rings. The van der Waals surface area contributed by atoms with Crippen molar-refractivity contribution in [2.45, 2.75) is 19.3 Å². The van der Waals surface area contributed by atoms with Crippen LogP contribution in [0.25, 0.3) is 0 Å². The van der Waals surface area contributed by atoms with E-state index in [0.717, 1.165) is 11.3 Å². The molecule has 0 spiro atoms. The number of hydrogen-bond donors (Lipinski definition) is 0. The van der Waals surface area contributed by atoms with Crippen molar-refractivity contribution in [2.24, 2.45) is 5.92 Å². The van der Waals surface area contributed by atoms with Crippen molar-refractivity contribution in [3.8, 4) is 5.75 Å². The monoisotopic (exact) mass is 358 g/mol. The fourth-order valence-corrected chi connectivity index (χ4v) is 3.44. The molecule has 0 N–H and O–H groups in total. The first-order valence-electron chi connectivity index (χ1n) is 8.79. The predicted octanol–water partition coefficient (Wildman–Crippen LogP) is 3.40. The molecule has 26 heavy (non-hydrogen) atoms. The zero-order valence-electron chi connectivity index (χ0n) is 15.0. The molecule has 6 heteroatoms. The minimum absolute atomic E-state index is 0.0273. The Morgan fingerprint density at radius 2 is 2.04 bits per heavy atom. The number of ether oxygens (including phenoxy) is 2. The summed E-state index contributed by atoms with van der Waals surface area (Å²) in [6.45, 7) is 3.48. The Kier molecular flexibility index (Phi) is 5.71. The second kappa shape index (κ2) is 8.17. The van der Waals surface area contributed by atoms with Gasteiger partial charge in [-0.05, 0) is 43.2 Å². The highest BCUT2D eigenvalue weighted by molar-refractivity contribution is 5.74. The molecule has 1 aliphatic heterocycles. The van der Waals surface area contributed by atoms with Gasteiger partial charge in [-0.3, -0.25) is 4.79 Å². The van der Waals surface area contributed by atoms with Crippen molar-refractivity contribution in [1.82, 2.24) is 4.98 Å². The number of pyridine rings is 1. The van der Waals surface area contributed by atoms with Gasteiger partial charge in [0.2, 0.25) is 0 Å². The molecule has 0 aliphatic carbocycles. The van der Waals surface area contributed by atoms with Gasteiger partial charge in [-0.15, -0.1) is 0 Å². The highest BCUT2D eigenvalue weighted by atomic mass is 19.1. The molecule has 1 aromatic carbocycles. The summed E-state index contributed by atoms with van der Waals surface area (Å²) in [5.41, 5.74) is 1.05. The number of nitrogens with zero attached hydrogens (tertiary/aromatic N) is 2. The Balaban J connectivity index is 1.86. The summed E-state index contributed by atoms with van der Waals surface area (Å²) >= 11 is 0. The maximum absolute atomic E-state index is 13.2. The van der Waals surface area contributed by atoms with E-state index < -0.39 is 0 Å². The molecule has 2 heterocycles. The van der Waals surface area contributed by atoms with Crippen molar-refractivity contribution in [1.29, 1.82) is 0 Å². The molecule has 0 saturated carbocycles. The molecule has 0 bridgehead atoms. The topological polar surface area (TPSA) is 51.7 Å². The quantitative estimate of drug-likeness (QED) is 0.767. The summed E-state index contributed by atoms with van der Waals surface area (Å²) in [4.78, 5) is 18.7. The largest absolute Gasteiger partial charge is 0.497 e. The van der Waals surface area contributed by atoms with Gasteiger partial charge in [-0.25, -0.2) is 9.37 Å². The average Bonchev–Trinajstić information content (AvgIpc) is 2.68. The highest BCUT2D eigenvalue weighted by Crippen LogP contribution is 2.35. The number of carbonyl (C=O) groups is 1. The Hall–Kier alpha value is -2.63. The summed E-state index contributed by atoms with van der Waals surface area (Å²) in [7, 11) is 1.62. The third-order valence-electron chi connectivity index (χ3n) is 4.78. The summed E-state index contributed by atoms with van der Waals surface area (Å²) < 4.78 is 23.7. The lowest BCUT2D eigenvalue weighted by Gasteiger charge is -2.38. The average molecular weight is 358 g/mol. The number of carbonyl (C=O) groups excluding carboxylic acids is 1. The van der Waals surface area contributed by atoms with Crippen LogP contribution in [0.4, 0.5) is 10.2 Å². The fourth-order valence-electron chi connectivity index (χ4n) is 3.44. The molecule has 2 unspecified atom stereocenters. The first kappa shape index (κ1) is 18.2. The van der Waals surface area contributed by atoms with Crippen LogP contribution in [0.5, 0.6) is 5.75 Å². The molecular weight excluding hydrogens is 335 g/mol. The second-order valence-corrected chi connectivity index (χ2v) is 6.31. The van der Waals surface area contributed by atoms with Crippen LogP contribution in [0.2, 0.25) is 0 Å². The molecule has 1 aliphatic rings. The molecule has 0 amide bonds. The van der Waals surface area contributed by atoms with Gasteiger partial charge in [-0.2, -0.15) is 0 Å². The van der Waals surface area contributed by atoms with Gasteiger partial charge in [-0.1, -0.05) is 12.1 Å². The van der Waals surface area contributed by atoms with Crippen LogP contribution in [-0.4, -0.2) is 37.8 Å². The third kappa shape index (κ3) is 3.95. The van der Waals surface area contributed by atoms with E-state index in [1.54, 1.807) is 13.2 Å². The van der Waals surface area contributed by atoms with E-state index in [2.05, 4.69) is 9.88 Å². The smallest absolute Gasteiger partial charge is 0.309 e. The molecule has 138 valence electrons. The summed E-state index contributed by atoms with van der Waals surface area (Å²) in [6, 6.07) is 10.8. The van der Waals surface area contributed by atoms with Gasteiger partial charge in [0, 0.05) is 19.0 Å². The number of benzene rings is 1. The minimum Gasteiger partial charge on any atom is -0.497 e. The lowest BCUT2D eigenvalue weighted by molar-refractivity contribution is -0.149. The standard InChI is InChI=1S/C20H23FN2O3/c1-3-26-20(24)17-10-11-23(19-9-6-15(21)12-22-19)13-18(17)14-4-7-16(25-2)8-5-14/h4-9,12,17-18H,3,10-11,13H2,1-2H3. The molecule has 2 atom stereocenters. The SMILES string of the molecule is CCOC(=O)C1CCN(c2ccc(F)cn2)CC1c1ccc(OC)cc1. The Labute approximate surface area is 152 Å². The lowest BCUT2D eigenvalue weighted by Crippen LogP contribution is -2.43. The van der Waals surface area contributed by atoms with E-state index in [0.29, 0.717) is 31.9 Å². The number of rotatable bonds is 5. The maximum atomic E-state index is 13.2. The molecule has 3 rings (SSSR count). The van der Waals surface area contributed by atoms with E-state index in [4.69, 9.17) is 9.47 Å². The molecule has 1 saturated heterocycles. The van der Waals surface area contributed by atoms with E-state index in [9.17, 15) is 9.18 Å². The number of esters is 1. The predicted molar refractivity (Wildman–Crippen MR) is 96.9 cm³/mol. The maximum Gasteiger partial charge on any atom is 0.309 e. The van der Waals surface area contributed by atoms with Crippen LogP contribution in [-0.2, 0) is 9.53 Å². The van der Waals surface area contributed by atoms with Crippen LogP contribution in [0.1, 0.15) is 24.8 Å². The highest BCUT2D eigenvalue weighted by Gasteiger charge is 2.36. The van der Waals surface area contributed by atoms with Gasteiger partial charge in [0.15, 0.2) is 0 Å². The van der Waals surface area contributed by atoms with E-state index in [1.165, 1.54) is 12.3 Å². The van der Waals surface area contributed by atoms with E-state index in [-0.39, 0.29) is 23.6 Å². The summed E-state index contributed by atoms with van der Waals surface area (Å²) in [5.74, 6) is 0.726. The number of hydrogen-bond acceptors (Lipinski definition) is 5. The normalized spacial score (nSPS) is 19.9. The third-order valence-corrected chi connectivity index (χ3v) is 4.78. The number of halogens is 1. The molecule has 5 nitrogen and oxygen atoms in total. The Bertz CT molecular complexity index is 734. The molecule has 2 aromatic rings. The van der Waals surface area contributed by atoms with Crippen LogP contribution in [0.3, 0.4) is 0 Å². The van der Waals surface area contributed by atoms with Crippen molar-refractivity contribution in [3.63, 3.8) is 0 Å². The Morgan fingerprint density at radius 1 is 1.27 bits per heavy atom. The first-order valence-corrected chi connectivity index (χ1v) is 8.79. The van der Waals surface area contributed by atoms with E-state index in [1.807, 2.05) is 31.2 Å². The first-order chi connectivity index (χ1) is 12.6. The zero-order chi connectivity index (χ0) is 18.5. The summed E-state index contributed by atoms with van der Waals surface area (Å²) in [6.07, 6.45) is 1.88. The van der Waals surface area contributed by atoms with Crippen LogP contribution < -0.4 is 9.64 Å². The molecular formula is C20H23FN2O3. The number of piperidine rings is 1. The van der Waals surface area contributed by atoms with Crippen LogP contribution in [0, 0.1) is 11.7 Å². The van der Waals surface area contributed by atoms with Crippen molar-refractivity contribution in [2.75, 3.05) is 31.7 Å². The van der Waals surface area contributed by atoms with Gasteiger partial charge >= 0.3 is 5.97 Å². The van der Waals surface area contributed by atoms with Gasteiger partial charge in [0.1, 0.15) is 17.4 Å². The zero-order valence-corrected chi connectivity index (χ0v) is 15.0. The number of methoxy groups -OCH3 is 1. The second-order valence-electron chi connectivity index (χ2n) is 6.31. The number of aromatic nitrogens is 1. The van der Waals surface area contributed by atoms with Gasteiger partial charge < -0.3 is 14.4 Å². The minimum atomic E-state index is -0.359. The van der Waals surface area contributed by atoms with Crippen LogP contribution in [0.15, 0.2) is 42.6 Å². The summed E-state index contributed by atoms with van der Waals surface area (Å²) in [5, 5.41) is 0. The molecule has 1 aromatic heterocycles. The van der Waals surface area contributed by atoms with Crippen LogP contribution >= 0.6 is 0 Å². The van der Waals surface area contributed by atoms with Crippen molar-refractivity contribution in [3.05, 3.63) is 54.0 Å². The lowest BCUT2D eigenvalue weighted by atomic mass is 9.80. The van der Waals surface area contributed by atoms with Gasteiger partial charge in [0.05, 0.1) is 25.8 Å².